The van der Waals surface area contributed by atoms with E-state index in [0.29, 0.717) is 22.2 Å². The highest BCUT2D eigenvalue weighted by atomic mass is 35.5. The number of alkyl halides is 3. The van der Waals surface area contributed by atoms with Crippen molar-refractivity contribution in [3.05, 3.63) is 53.6 Å². The lowest BCUT2D eigenvalue weighted by molar-refractivity contribution is -0.137. The van der Waals surface area contributed by atoms with Crippen LogP contribution < -0.4 is 0 Å². The third kappa shape index (κ3) is 2.54. The summed E-state index contributed by atoms with van der Waals surface area (Å²) >= 11 is 5.94. The van der Waals surface area contributed by atoms with Gasteiger partial charge < -0.3 is 0 Å². The van der Waals surface area contributed by atoms with E-state index in [4.69, 9.17) is 11.6 Å². The van der Waals surface area contributed by atoms with E-state index < -0.39 is 11.7 Å². The highest BCUT2D eigenvalue weighted by Crippen LogP contribution is 2.33. The van der Waals surface area contributed by atoms with Crippen molar-refractivity contribution in [2.45, 2.75) is 6.18 Å². The average molecular weight is 310 g/mol. The van der Waals surface area contributed by atoms with Gasteiger partial charge in [0.25, 0.3) is 0 Å². The van der Waals surface area contributed by atoms with E-state index in [-0.39, 0.29) is 5.15 Å². The summed E-state index contributed by atoms with van der Waals surface area (Å²) < 4.78 is 37.7. The van der Waals surface area contributed by atoms with Gasteiger partial charge in [0, 0.05) is 24.2 Å². The van der Waals surface area contributed by atoms with Crippen LogP contribution in [-0.4, -0.2) is 15.0 Å². The summed E-state index contributed by atoms with van der Waals surface area (Å²) in [7, 11) is 0. The molecule has 3 nitrogen and oxygen atoms in total. The normalized spacial score (nSPS) is 11.8. The molecule has 0 aliphatic rings. The topological polar surface area (TPSA) is 38.7 Å². The number of nitrogens with zero attached hydrogens (tertiary/aromatic N) is 3. The summed E-state index contributed by atoms with van der Waals surface area (Å²) in [6, 6.07) is 4.79. The van der Waals surface area contributed by atoms with E-state index in [2.05, 4.69) is 15.0 Å². The maximum atomic E-state index is 12.6. The van der Waals surface area contributed by atoms with E-state index in [1.807, 2.05) is 0 Å². The molecule has 21 heavy (non-hydrogen) atoms. The van der Waals surface area contributed by atoms with Crippen molar-refractivity contribution >= 4 is 22.6 Å². The number of halogens is 4. The summed E-state index contributed by atoms with van der Waals surface area (Å²) in [6.07, 6.45) is 0.0826. The van der Waals surface area contributed by atoms with E-state index in [0.717, 1.165) is 12.1 Å². The van der Waals surface area contributed by atoms with Crippen molar-refractivity contribution < 1.29 is 13.2 Å². The van der Waals surface area contributed by atoms with Crippen molar-refractivity contribution in [2.75, 3.05) is 0 Å². The molecule has 0 aliphatic heterocycles. The molecule has 0 unspecified atom stereocenters. The molecule has 7 heteroatoms. The van der Waals surface area contributed by atoms with Crippen LogP contribution >= 0.6 is 11.6 Å². The van der Waals surface area contributed by atoms with Crippen LogP contribution in [-0.2, 0) is 6.18 Å². The van der Waals surface area contributed by atoms with Crippen LogP contribution in [0.15, 0.2) is 42.9 Å². The fourth-order valence-electron chi connectivity index (χ4n) is 1.98. The smallest absolute Gasteiger partial charge is 0.252 e. The van der Waals surface area contributed by atoms with Crippen molar-refractivity contribution in [2.24, 2.45) is 0 Å². The Hall–Kier alpha value is -2.21. The Morgan fingerprint density at radius 2 is 1.48 bits per heavy atom. The largest absolute Gasteiger partial charge is 0.416 e. The van der Waals surface area contributed by atoms with Gasteiger partial charge in [-0.2, -0.15) is 13.2 Å². The molecule has 0 aliphatic carbocycles. The van der Waals surface area contributed by atoms with Gasteiger partial charge in [-0.15, -0.1) is 0 Å². The molecule has 3 aromatic rings. The molecule has 0 spiro atoms. The van der Waals surface area contributed by atoms with Crippen LogP contribution in [0.1, 0.15) is 5.56 Å². The van der Waals surface area contributed by atoms with Crippen LogP contribution in [0.3, 0.4) is 0 Å². The van der Waals surface area contributed by atoms with Crippen molar-refractivity contribution in [1.29, 1.82) is 0 Å². The van der Waals surface area contributed by atoms with Crippen LogP contribution in [0.2, 0.25) is 5.15 Å². The number of benzene rings is 1. The monoisotopic (exact) mass is 309 g/mol. The molecule has 2 aromatic heterocycles. The fraction of sp³-hybridized carbons (Fsp3) is 0.0714. The van der Waals surface area contributed by atoms with Gasteiger partial charge >= 0.3 is 6.18 Å². The van der Waals surface area contributed by atoms with E-state index in [1.165, 1.54) is 30.7 Å². The Morgan fingerprint density at radius 1 is 0.857 bits per heavy atom. The minimum atomic E-state index is -4.36. The first kappa shape index (κ1) is 13.8. The molecule has 0 saturated heterocycles. The molecule has 0 radical (unpaired) electrons. The Morgan fingerprint density at radius 3 is 2.10 bits per heavy atom. The first-order chi connectivity index (χ1) is 9.97. The van der Waals surface area contributed by atoms with Gasteiger partial charge in [-0.25, -0.2) is 9.97 Å². The first-order valence-electron chi connectivity index (χ1n) is 5.89. The van der Waals surface area contributed by atoms with E-state index in [1.54, 1.807) is 0 Å². The zero-order chi connectivity index (χ0) is 15.0. The Bertz CT molecular complexity index is 801. The van der Waals surface area contributed by atoms with Crippen molar-refractivity contribution in [3.8, 4) is 11.1 Å². The number of rotatable bonds is 1. The molecular weight excluding hydrogens is 303 g/mol. The third-order valence-corrected chi connectivity index (χ3v) is 3.26. The SMILES string of the molecule is FC(F)(F)c1ccc(-c2cnc(Cl)c3nccnc23)cc1. The number of aromatic nitrogens is 3. The quantitative estimate of drug-likeness (QED) is 0.627. The summed E-state index contributed by atoms with van der Waals surface area (Å²) in [6.45, 7) is 0. The Balaban J connectivity index is 2.15. The zero-order valence-corrected chi connectivity index (χ0v) is 11.2. The number of hydrogen-bond acceptors (Lipinski definition) is 3. The fourth-order valence-corrected chi connectivity index (χ4v) is 2.17. The summed E-state index contributed by atoms with van der Waals surface area (Å²) in [5.74, 6) is 0. The summed E-state index contributed by atoms with van der Waals surface area (Å²) in [5, 5.41) is 0.203. The van der Waals surface area contributed by atoms with Gasteiger partial charge in [0.05, 0.1) is 5.56 Å². The lowest BCUT2D eigenvalue weighted by Gasteiger charge is -2.09. The lowest BCUT2D eigenvalue weighted by atomic mass is 10.0. The van der Waals surface area contributed by atoms with E-state index in [9.17, 15) is 13.2 Å². The van der Waals surface area contributed by atoms with Crippen molar-refractivity contribution in [1.82, 2.24) is 15.0 Å². The van der Waals surface area contributed by atoms with Crippen LogP contribution in [0.5, 0.6) is 0 Å². The minimum absolute atomic E-state index is 0.203. The second-order valence-electron chi connectivity index (χ2n) is 4.29. The zero-order valence-electron chi connectivity index (χ0n) is 10.4. The van der Waals surface area contributed by atoms with Gasteiger partial charge in [-0.3, -0.25) is 4.98 Å². The maximum absolute atomic E-state index is 12.6. The molecule has 0 saturated carbocycles. The predicted molar refractivity (Wildman–Crippen MR) is 72.8 cm³/mol. The second-order valence-corrected chi connectivity index (χ2v) is 4.65. The van der Waals surface area contributed by atoms with Crippen molar-refractivity contribution in [3.63, 3.8) is 0 Å². The van der Waals surface area contributed by atoms with Crippen LogP contribution in [0.25, 0.3) is 22.2 Å². The molecule has 0 N–H and O–H groups in total. The molecule has 0 bridgehead atoms. The molecule has 1 aromatic carbocycles. The number of pyridine rings is 1. The standard InChI is InChI=1S/C14H7ClF3N3/c15-13-12-11(19-5-6-20-12)10(7-21-13)8-1-3-9(4-2-8)14(16,17)18/h1-7H. The van der Waals surface area contributed by atoms with Crippen LogP contribution in [0, 0.1) is 0 Å². The molecule has 0 fully saturated rings. The van der Waals surface area contributed by atoms with Gasteiger partial charge in [0.2, 0.25) is 0 Å². The van der Waals surface area contributed by atoms with Gasteiger partial charge in [0.1, 0.15) is 11.0 Å². The molecule has 0 atom stereocenters. The van der Waals surface area contributed by atoms with Gasteiger partial charge in [-0.1, -0.05) is 23.7 Å². The molecular formula is C14H7ClF3N3. The summed E-state index contributed by atoms with van der Waals surface area (Å²) in [4.78, 5) is 12.3. The van der Waals surface area contributed by atoms with E-state index >= 15 is 0 Å². The Labute approximate surface area is 122 Å². The van der Waals surface area contributed by atoms with Gasteiger partial charge in [0.15, 0.2) is 5.15 Å². The summed E-state index contributed by atoms with van der Waals surface area (Å²) in [5.41, 5.74) is 1.35. The second kappa shape index (κ2) is 4.96. The minimum Gasteiger partial charge on any atom is -0.252 e. The first-order valence-corrected chi connectivity index (χ1v) is 6.27. The maximum Gasteiger partial charge on any atom is 0.416 e. The molecule has 0 amide bonds. The Kier molecular flexibility index (Phi) is 3.25. The molecule has 3 rings (SSSR count). The lowest BCUT2D eigenvalue weighted by Crippen LogP contribution is -2.04. The highest BCUT2D eigenvalue weighted by molar-refractivity contribution is 6.34. The average Bonchev–Trinajstić information content (AvgIpc) is 2.47. The predicted octanol–water partition coefficient (Wildman–Crippen LogP) is 4.36. The van der Waals surface area contributed by atoms with Crippen LogP contribution in [0.4, 0.5) is 13.2 Å². The molecule has 106 valence electrons. The number of fused-ring (bicyclic) bond motifs is 1. The van der Waals surface area contributed by atoms with Gasteiger partial charge in [-0.05, 0) is 17.7 Å². The number of hydrogen-bond donors (Lipinski definition) is 0. The molecule has 2 heterocycles. The highest BCUT2D eigenvalue weighted by Gasteiger charge is 2.30. The third-order valence-electron chi connectivity index (χ3n) is 2.98.